The number of amides is 2. The summed E-state index contributed by atoms with van der Waals surface area (Å²) < 4.78 is 32.6. The van der Waals surface area contributed by atoms with Crippen molar-refractivity contribution in [1.82, 2.24) is 5.32 Å². The van der Waals surface area contributed by atoms with Crippen LogP contribution in [0, 0.1) is 0 Å². The summed E-state index contributed by atoms with van der Waals surface area (Å²) in [5.74, 6) is -1.67. The van der Waals surface area contributed by atoms with Gasteiger partial charge in [-0.15, -0.1) is 0 Å². The van der Waals surface area contributed by atoms with Gasteiger partial charge in [0.05, 0.1) is 28.2 Å². The Morgan fingerprint density at radius 1 is 1.04 bits per heavy atom. The normalized spacial score (nSPS) is 13.0. The lowest BCUT2D eigenvalue weighted by Crippen LogP contribution is -2.19. The predicted octanol–water partition coefficient (Wildman–Crippen LogP) is 2.33. The van der Waals surface area contributed by atoms with Crippen LogP contribution in [0.3, 0.4) is 0 Å². The lowest BCUT2D eigenvalue weighted by atomic mass is 10.1. The van der Waals surface area contributed by atoms with Gasteiger partial charge < -0.3 is 4.74 Å². The molecule has 0 atom stereocenters. The molecule has 0 unspecified atom stereocenters. The highest BCUT2D eigenvalue weighted by molar-refractivity contribution is 7.92. The van der Waals surface area contributed by atoms with Crippen LogP contribution in [0.25, 0.3) is 0 Å². The fourth-order valence-electron chi connectivity index (χ4n) is 2.60. The average Bonchev–Trinajstić information content (AvgIpc) is 2.96. The van der Waals surface area contributed by atoms with Crippen LogP contribution < -0.4 is 10.0 Å². The van der Waals surface area contributed by atoms with Gasteiger partial charge in [-0.3, -0.25) is 19.6 Å². The maximum Gasteiger partial charge on any atom is 0.338 e. The number of esters is 1. The quantitative estimate of drug-likeness (QED) is 0.417. The molecule has 28 heavy (non-hydrogen) atoms. The number of fused-ring (bicyclic) bond motifs is 1. The number of nitrogens with one attached hydrogen (secondary N) is 2. The number of imide groups is 1. The van der Waals surface area contributed by atoms with Crippen LogP contribution >= 0.6 is 0 Å². The van der Waals surface area contributed by atoms with Gasteiger partial charge in [-0.05, 0) is 48.9 Å². The van der Waals surface area contributed by atoms with Crippen LogP contribution in [-0.2, 0) is 14.8 Å². The summed E-state index contributed by atoms with van der Waals surface area (Å²) in [5.41, 5.74) is 0.700. The molecular weight excluding hydrogens is 384 g/mol. The van der Waals surface area contributed by atoms with Gasteiger partial charge in [0.15, 0.2) is 0 Å². The molecule has 0 bridgehead atoms. The molecule has 2 aromatic rings. The van der Waals surface area contributed by atoms with Crippen LogP contribution in [0.4, 0.5) is 5.69 Å². The Morgan fingerprint density at radius 3 is 2.39 bits per heavy atom. The van der Waals surface area contributed by atoms with Gasteiger partial charge in [0.25, 0.3) is 21.8 Å². The lowest BCUT2D eigenvalue weighted by molar-refractivity contribution is 0.0499. The average molecular weight is 402 g/mol. The highest BCUT2D eigenvalue weighted by Crippen LogP contribution is 2.22. The van der Waals surface area contributed by atoms with E-state index >= 15 is 0 Å². The largest absolute Gasteiger partial charge is 0.462 e. The number of hydrogen-bond donors (Lipinski definition) is 2. The van der Waals surface area contributed by atoms with E-state index in [0.29, 0.717) is 12.2 Å². The molecule has 2 N–H and O–H groups in total. The van der Waals surface area contributed by atoms with Gasteiger partial charge in [-0.25, -0.2) is 13.2 Å². The summed E-state index contributed by atoms with van der Waals surface area (Å²) in [6, 6.07) is 9.49. The number of hydrogen-bond acceptors (Lipinski definition) is 6. The first-order valence-electron chi connectivity index (χ1n) is 8.61. The van der Waals surface area contributed by atoms with Gasteiger partial charge in [0.2, 0.25) is 0 Å². The molecule has 3 rings (SSSR count). The highest BCUT2D eigenvalue weighted by atomic mass is 32.2. The minimum Gasteiger partial charge on any atom is -0.462 e. The molecule has 0 saturated heterocycles. The minimum atomic E-state index is -3.98. The molecule has 9 heteroatoms. The first-order valence-corrected chi connectivity index (χ1v) is 10.1. The number of unbranched alkanes of at least 4 members (excludes halogenated alkanes) is 1. The maximum absolute atomic E-state index is 12.6. The van der Waals surface area contributed by atoms with Crippen molar-refractivity contribution >= 4 is 33.5 Å². The van der Waals surface area contributed by atoms with Crippen LogP contribution in [0.15, 0.2) is 47.4 Å². The lowest BCUT2D eigenvalue weighted by Gasteiger charge is -2.09. The second kappa shape index (κ2) is 7.81. The molecule has 146 valence electrons. The molecule has 0 aliphatic carbocycles. The van der Waals surface area contributed by atoms with Crippen molar-refractivity contribution in [3.63, 3.8) is 0 Å². The molecule has 0 saturated carbocycles. The van der Waals surface area contributed by atoms with Crippen molar-refractivity contribution in [2.45, 2.75) is 24.7 Å². The van der Waals surface area contributed by atoms with Crippen molar-refractivity contribution in [1.29, 1.82) is 0 Å². The zero-order chi connectivity index (χ0) is 20.3. The predicted molar refractivity (Wildman–Crippen MR) is 101 cm³/mol. The first kappa shape index (κ1) is 19.6. The molecule has 0 fully saturated rings. The summed E-state index contributed by atoms with van der Waals surface area (Å²) in [7, 11) is -3.98. The van der Waals surface area contributed by atoms with E-state index in [1.807, 2.05) is 6.92 Å². The van der Waals surface area contributed by atoms with Crippen molar-refractivity contribution in [2.75, 3.05) is 11.3 Å². The standard InChI is InChI=1S/C19H18N2O6S/c1-2-3-10-27-19(24)12-4-6-13(7-5-12)21-28(25,26)14-8-9-15-16(11-14)18(23)20-17(15)22/h4-9,11,21H,2-3,10H2,1H3,(H,20,22,23). The molecule has 1 aliphatic heterocycles. The van der Waals surface area contributed by atoms with E-state index in [0.717, 1.165) is 18.9 Å². The Morgan fingerprint density at radius 2 is 1.71 bits per heavy atom. The first-order chi connectivity index (χ1) is 13.3. The molecule has 2 aromatic carbocycles. The van der Waals surface area contributed by atoms with Crippen molar-refractivity contribution in [2.24, 2.45) is 0 Å². The number of ether oxygens (including phenoxy) is 1. The third-order valence-corrected chi connectivity index (χ3v) is 5.50. The number of rotatable bonds is 7. The fraction of sp³-hybridized carbons (Fsp3) is 0.211. The molecule has 2 amide bonds. The number of benzene rings is 2. The zero-order valence-corrected chi connectivity index (χ0v) is 15.8. The Labute approximate surface area is 161 Å². The van der Waals surface area contributed by atoms with Crippen LogP contribution in [0.2, 0.25) is 0 Å². The van der Waals surface area contributed by atoms with Crippen LogP contribution in [0.1, 0.15) is 50.8 Å². The van der Waals surface area contributed by atoms with E-state index in [2.05, 4.69) is 10.0 Å². The van der Waals surface area contributed by atoms with E-state index in [1.54, 1.807) is 0 Å². The number of carbonyl (C=O) groups excluding carboxylic acids is 3. The third-order valence-electron chi connectivity index (χ3n) is 4.12. The molecule has 8 nitrogen and oxygen atoms in total. The molecule has 1 heterocycles. The molecule has 1 aliphatic rings. The van der Waals surface area contributed by atoms with E-state index in [4.69, 9.17) is 4.74 Å². The summed E-state index contributed by atoms with van der Waals surface area (Å²) in [4.78, 5) is 35.0. The second-order valence-corrected chi connectivity index (χ2v) is 7.85. The Kier molecular flexibility index (Phi) is 5.46. The molecule has 0 radical (unpaired) electrons. The fourth-order valence-corrected chi connectivity index (χ4v) is 3.68. The summed E-state index contributed by atoms with van der Waals surface area (Å²) in [6.45, 7) is 2.32. The van der Waals surface area contributed by atoms with Gasteiger partial charge >= 0.3 is 5.97 Å². The summed E-state index contributed by atoms with van der Waals surface area (Å²) in [6.07, 6.45) is 1.68. The van der Waals surface area contributed by atoms with E-state index in [1.165, 1.54) is 36.4 Å². The van der Waals surface area contributed by atoms with Gasteiger partial charge in [0.1, 0.15) is 0 Å². The van der Waals surface area contributed by atoms with Gasteiger partial charge in [-0.1, -0.05) is 13.3 Å². The maximum atomic E-state index is 12.6. The van der Waals surface area contributed by atoms with E-state index < -0.39 is 27.8 Å². The Hall–Kier alpha value is -3.20. The highest BCUT2D eigenvalue weighted by Gasteiger charge is 2.28. The number of sulfonamides is 1. The monoisotopic (exact) mass is 402 g/mol. The topological polar surface area (TPSA) is 119 Å². The molecule has 0 aromatic heterocycles. The van der Waals surface area contributed by atoms with E-state index in [-0.39, 0.29) is 21.7 Å². The SMILES string of the molecule is CCCCOC(=O)c1ccc(NS(=O)(=O)c2ccc3c(c2)C(=O)NC3=O)cc1. The Bertz CT molecular complexity index is 1040. The van der Waals surface area contributed by atoms with Crippen LogP contribution in [-0.4, -0.2) is 32.8 Å². The number of anilines is 1. The second-order valence-electron chi connectivity index (χ2n) is 6.16. The molecular formula is C19H18N2O6S. The molecule has 0 spiro atoms. The Balaban J connectivity index is 1.74. The van der Waals surface area contributed by atoms with Crippen molar-refractivity contribution in [3.05, 3.63) is 59.2 Å². The smallest absolute Gasteiger partial charge is 0.338 e. The minimum absolute atomic E-state index is 0.0121. The number of carbonyl (C=O) groups is 3. The van der Waals surface area contributed by atoms with Crippen molar-refractivity contribution < 1.29 is 27.5 Å². The summed E-state index contributed by atoms with van der Waals surface area (Å²) in [5, 5.41) is 2.11. The van der Waals surface area contributed by atoms with Gasteiger partial charge in [0, 0.05) is 5.69 Å². The third kappa shape index (κ3) is 4.04. The van der Waals surface area contributed by atoms with Gasteiger partial charge in [-0.2, -0.15) is 0 Å². The summed E-state index contributed by atoms with van der Waals surface area (Å²) >= 11 is 0. The zero-order valence-electron chi connectivity index (χ0n) is 15.0. The van der Waals surface area contributed by atoms with Crippen LogP contribution in [0.5, 0.6) is 0 Å². The van der Waals surface area contributed by atoms with Crippen molar-refractivity contribution in [3.8, 4) is 0 Å². The van der Waals surface area contributed by atoms with E-state index in [9.17, 15) is 22.8 Å².